The van der Waals surface area contributed by atoms with Gasteiger partial charge < -0.3 is 15.8 Å². The number of aryl methyl sites for hydroxylation is 1. The van der Waals surface area contributed by atoms with Crippen LogP contribution in [0.1, 0.15) is 19.4 Å². The second kappa shape index (κ2) is 5.91. The van der Waals surface area contributed by atoms with E-state index in [1.54, 1.807) is 13.8 Å². The molecule has 1 aromatic rings. The van der Waals surface area contributed by atoms with E-state index in [1.165, 1.54) is 0 Å². The van der Waals surface area contributed by atoms with Crippen molar-refractivity contribution in [2.24, 2.45) is 0 Å². The molecule has 4 nitrogen and oxygen atoms in total. The minimum atomic E-state index is -0.394. The Morgan fingerprint density at radius 3 is 2.82 bits per heavy atom. The number of nitrogen functional groups attached to an aromatic ring is 1. The third-order valence-electron chi connectivity index (χ3n) is 2.37. The average molecular weight is 301 g/mol. The Kier molecular flexibility index (Phi) is 4.81. The molecule has 3 N–H and O–H groups in total. The number of ether oxygens (including phenoxy) is 1. The minimum Gasteiger partial charge on any atom is -0.464 e. The molecule has 1 atom stereocenters. The van der Waals surface area contributed by atoms with Crippen LogP contribution in [0.5, 0.6) is 0 Å². The lowest BCUT2D eigenvalue weighted by molar-refractivity contribution is -0.143. The predicted octanol–water partition coefficient (Wildman–Crippen LogP) is 2.70. The summed E-state index contributed by atoms with van der Waals surface area (Å²) in [5.74, 6) is -0.270. The van der Waals surface area contributed by atoms with E-state index in [4.69, 9.17) is 10.5 Å². The van der Waals surface area contributed by atoms with Crippen molar-refractivity contribution in [1.29, 1.82) is 0 Å². The summed E-state index contributed by atoms with van der Waals surface area (Å²) < 4.78 is 5.76. The van der Waals surface area contributed by atoms with Crippen molar-refractivity contribution in [3.05, 3.63) is 22.2 Å². The molecule has 0 bridgehead atoms. The number of rotatable bonds is 4. The van der Waals surface area contributed by atoms with Crippen molar-refractivity contribution >= 4 is 33.3 Å². The number of halogens is 1. The van der Waals surface area contributed by atoms with Gasteiger partial charge in [0.2, 0.25) is 0 Å². The third kappa shape index (κ3) is 3.63. The fourth-order valence-corrected chi connectivity index (χ4v) is 1.84. The van der Waals surface area contributed by atoms with Gasteiger partial charge in [0.15, 0.2) is 0 Å². The number of esters is 1. The topological polar surface area (TPSA) is 64.3 Å². The van der Waals surface area contributed by atoms with E-state index in [-0.39, 0.29) is 5.97 Å². The van der Waals surface area contributed by atoms with Gasteiger partial charge in [-0.05, 0) is 54.4 Å². The molecule has 0 aliphatic rings. The SMILES string of the molecule is CCOC(=O)C(C)Nc1cc(C)c(N)cc1Br. The number of benzene rings is 1. The summed E-state index contributed by atoms with van der Waals surface area (Å²) in [7, 11) is 0. The minimum absolute atomic E-state index is 0.270. The highest BCUT2D eigenvalue weighted by atomic mass is 79.9. The van der Waals surface area contributed by atoms with Crippen LogP contribution in [0.4, 0.5) is 11.4 Å². The molecular weight excluding hydrogens is 284 g/mol. The van der Waals surface area contributed by atoms with Gasteiger partial charge >= 0.3 is 5.97 Å². The van der Waals surface area contributed by atoms with Crippen LogP contribution in [0, 0.1) is 6.92 Å². The predicted molar refractivity (Wildman–Crippen MR) is 73.0 cm³/mol. The van der Waals surface area contributed by atoms with Crippen LogP contribution in [0.15, 0.2) is 16.6 Å². The van der Waals surface area contributed by atoms with Gasteiger partial charge in [-0.25, -0.2) is 4.79 Å². The van der Waals surface area contributed by atoms with E-state index in [1.807, 2.05) is 19.1 Å². The lowest BCUT2D eigenvalue weighted by atomic mass is 10.1. The maximum Gasteiger partial charge on any atom is 0.328 e. The van der Waals surface area contributed by atoms with E-state index in [2.05, 4.69) is 21.2 Å². The number of nitrogens with one attached hydrogen (secondary N) is 1. The molecule has 0 saturated heterocycles. The number of carbonyl (C=O) groups is 1. The molecule has 0 aliphatic carbocycles. The van der Waals surface area contributed by atoms with Crippen LogP contribution in [-0.2, 0) is 9.53 Å². The van der Waals surface area contributed by atoms with Crippen LogP contribution in [0.25, 0.3) is 0 Å². The Balaban J connectivity index is 2.81. The van der Waals surface area contributed by atoms with Crippen molar-refractivity contribution in [3.8, 4) is 0 Å². The number of hydrogen-bond acceptors (Lipinski definition) is 4. The Morgan fingerprint density at radius 1 is 1.59 bits per heavy atom. The highest BCUT2D eigenvalue weighted by Gasteiger charge is 2.15. The monoisotopic (exact) mass is 300 g/mol. The largest absolute Gasteiger partial charge is 0.464 e. The van der Waals surface area contributed by atoms with E-state index in [0.29, 0.717) is 12.3 Å². The van der Waals surface area contributed by atoms with Gasteiger partial charge in [0.1, 0.15) is 6.04 Å². The Hall–Kier alpha value is -1.23. The van der Waals surface area contributed by atoms with Crippen LogP contribution >= 0.6 is 15.9 Å². The zero-order valence-electron chi connectivity index (χ0n) is 10.2. The first-order valence-electron chi connectivity index (χ1n) is 5.44. The molecule has 94 valence electrons. The molecule has 1 rings (SSSR count). The van der Waals surface area contributed by atoms with Gasteiger partial charge in [-0.2, -0.15) is 0 Å². The molecule has 0 amide bonds. The summed E-state index contributed by atoms with van der Waals surface area (Å²) in [4.78, 5) is 11.5. The molecule has 0 spiro atoms. The molecule has 5 heteroatoms. The smallest absolute Gasteiger partial charge is 0.328 e. The van der Waals surface area contributed by atoms with Gasteiger partial charge in [0.05, 0.1) is 6.61 Å². The highest BCUT2D eigenvalue weighted by Crippen LogP contribution is 2.28. The molecule has 0 fully saturated rings. The Bertz CT molecular complexity index is 421. The van der Waals surface area contributed by atoms with Gasteiger partial charge in [-0.15, -0.1) is 0 Å². The normalized spacial score (nSPS) is 12.0. The maximum absolute atomic E-state index is 11.5. The van der Waals surface area contributed by atoms with Gasteiger partial charge in [-0.1, -0.05) is 0 Å². The second-order valence-electron chi connectivity index (χ2n) is 3.81. The molecule has 0 saturated carbocycles. The quantitative estimate of drug-likeness (QED) is 0.663. The van der Waals surface area contributed by atoms with Gasteiger partial charge in [0, 0.05) is 15.8 Å². The second-order valence-corrected chi connectivity index (χ2v) is 4.66. The molecule has 1 aromatic carbocycles. The molecule has 0 heterocycles. The van der Waals surface area contributed by atoms with Crippen LogP contribution in [0.2, 0.25) is 0 Å². The third-order valence-corrected chi connectivity index (χ3v) is 3.02. The Labute approximate surface area is 110 Å². The van der Waals surface area contributed by atoms with Gasteiger partial charge in [-0.3, -0.25) is 0 Å². The molecule has 0 aliphatic heterocycles. The summed E-state index contributed by atoms with van der Waals surface area (Å²) in [5.41, 5.74) is 8.29. The number of carbonyl (C=O) groups excluding carboxylic acids is 1. The van der Waals surface area contributed by atoms with E-state index < -0.39 is 6.04 Å². The first kappa shape index (κ1) is 13.8. The fraction of sp³-hybridized carbons (Fsp3) is 0.417. The maximum atomic E-state index is 11.5. The molecule has 0 aromatic heterocycles. The first-order valence-corrected chi connectivity index (χ1v) is 6.23. The Morgan fingerprint density at radius 2 is 2.24 bits per heavy atom. The number of nitrogens with two attached hydrogens (primary N) is 1. The zero-order chi connectivity index (χ0) is 13.0. The molecular formula is C12H17BrN2O2. The number of hydrogen-bond donors (Lipinski definition) is 2. The van der Waals surface area contributed by atoms with Crippen molar-refractivity contribution in [2.45, 2.75) is 26.8 Å². The number of anilines is 2. The average Bonchev–Trinajstić information content (AvgIpc) is 2.26. The standard InChI is InChI=1S/C12H17BrN2O2/c1-4-17-12(16)8(3)15-11-5-7(2)10(14)6-9(11)13/h5-6,8,15H,4,14H2,1-3H3. The van der Waals surface area contributed by atoms with Crippen LogP contribution in [0.3, 0.4) is 0 Å². The fourth-order valence-electron chi connectivity index (χ4n) is 1.37. The zero-order valence-corrected chi connectivity index (χ0v) is 11.8. The summed E-state index contributed by atoms with van der Waals surface area (Å²) in [6, 6.07) is 3.32. The summed E-state index contributed by atoms with van der Waals surface area (Å²) in [6.45, 7) is 5.85. The molecule has 1 unspecified atom stereocenters. The van der Waals surface area contributed by atoms with Crippen molar-refractivity contribution in [1.82, 2.24) is 0 Å². The van der Waals surface area contributed by atoms with Crippen LogP contribution in [-0.4, -0.2) is 18.6 Å². The first-order chi connectivity index (χ1) is 7.95. The lowest BCUT2D eigenvalue weighted by Crippen LogP contribution is -2.28. The summed E-state index contributed by atoms with van der Waals surface area (Å²) in [6.07, 6.45) is 0. The van der Waals surface area contributed by atoms with Crippen LogP contribution < -0.4 is 11.1 Å². The van der Waals surface area contributed by atoms with Crippen molar-refractivity contribution in [3.63, 3.8) is 0 Å². The van der Waals surface area contributed by atoms with E-state index in [9.17, 15) is 4.79 Å². The lowest BCUT2D eigenvalue weighted by Gasteiger charge is -2.16. The summed E-state index contributed by atoms with van der Waals surface area (Å²) >= 11 is 3.40. The molecule has 17 heavy (non-hydrogen) atoms. The van der Waals surface area contributed by atoms with E-state index in [0.717, 1.165) is 15.7 Å². The highest BCUT2D eigenvalue weighted by molar-refractivity contribution is 9.10. The van der Waals surface area contributed by atoms with Crippen molar-refractivity contribution in [2.75, 3.05) is 17.7 Å². The van der Waals surface area contributed by atoms with Gasteiger partial charge in [0.25, 0.3) is 0 Å². The summed E-state index contributed by atoms with van der Waals surface area (Å²) in [5, 5.41) is 3.09. The van der Waals surface area contributed by atoms with Crippen molar-refractivity contribution < 1.29 is 9.53 Å². The molecule has 0 radical (unpaired) electrons. The van der Waals surface area contributed by atoms with E-state index >= 15 is 0 Å².